The molecule has 0 spiro atoms. The Balaban J connectivity index is 1.16. The first-order valence-electron chi connectivity index (χ1n) is 13.0. The second-order valence-electron chi connectivity index (χ2n) is 9.43. The molecule has 4 aromatic carbocycles. The molecule has 5 nitrogen and oxygen atoms in total. The van der Waals surface area contributed by atoms with Gasteiger partial charge in [0.15, 0.2) is 0 Å². The number of nitrogens with zero attached hydrogens (tertiary/aromatic N) is 2. The van der Waals surface area contributed by atoms with Crippen LogP contribution in [0.25, 0.3) is 21.8 Å². The fourth-order valence-electron chi connectivity index (χ4n) is 4.90. The molecule has 188 valence electrons. The summed E-state index contributed by atoms with van der Waals surface area (Å²) in [6.07, 6.45) is 4.34. The van der Waals surface area contributed by atoms with Gasteiger partial charge in [-0.3, -0.25) is 4.79 Å². The Morgan fingerprint density at radius 1 is 0.865 bits per heavy atom. The second kappa shape index (κ2) is 11.7. The summed E-state index contributed by atoms with van der Waals surface area (Å²) in [5.41, 5.74) is 4.52. The first-order chi connectivity index (χ1) is 18.2. The molecule has 1 aromatic heterocycles. The van der Waals surface area contributed by atoms with Crippen LogP contribution in [-0.2, 0) is 24.2 Å². The van der Waals surface area contributed by atoms with Crippen LogP contribution in [0.2, 0.25) is 0 Å². The molecular weight excluding hydrogens is 458 g/mol. The monoisotopic (exact) mass is 491 g/mol. The van der Waals surface area contributed by atoms with E-state index in [2.05, 4.69) is 76.6 Å². The zero-order chi connectivity index (χ0) is 25.5. The molecule has 5 aromatic rings. The molecule has 0 aliphatic rings. The first-order valence-corrected chi connectivity index (χ1v) is 13.0. The van der Waals surface area contributed by atoms with Crippen molar-refractivity contribution in [1.82, 2.24) is 14.9 Å². The molecule has 1 amide bonds. The fourth-order valence-corrected chi connectivity index (χ4v) is 4.90. The first kappa shape index (κ1) is 24.6. The Morgan fingerprint density at radius 3 is 2.51 bits per heavy atom. The largest absolute Gasteiger partial charge is 0.497 e. The molecule has 0 radical (unpaired) electrons. The van der Waals surface area contributed by atoms with Gasteiger partial charge in [-0.15, -0.1) is 0 Å². The molecule has 1 N–H and O–H groups in total. The maximum Gasteiger partial charge on any atom is 0.224 e. The molecule has 0 bridgehead atoms. The van der Waals surface area contributed by atoms with Crippen molar-refractivity contribution in [3.8, 4) is 5.75 Å². The number of fused-ring (bicyclic) bond motifs is 2. The van der Waals surface area contributed by atoms with Crippen molar-refractivity contribution in [3.63, 3.8) is 0 Å². The van der Waals surface area contributed by atoms with Gasteiger partial charge in [0.05, 0.1) is 24.6 Å². The van der Waals surface area contributed by atoms with E-state index in [-0.39, 0.29) is 5.91 Å². The van der Waals surface area contributed by atoms with Crippen LogP contribution in [0, 0.1) is 0 Å². The summed E-state index contributed by atoms with van der Waals surface area (Å²) in [5, 5.41) is 5.60. The number of ether oxygens (including phenoxy) is 1. The van der Waals surface area contributed by atoms with Crippen LogP contribution in [0.4, 0.5) is 0 Å². The van der Waals surface area contributed by atoms with Crippen LogP contribution < -0.4 is 10.1 Å². The molecule has 0 unspecified atom stereocenters. The van der Waals surface area contributed by atoms with Crippen LogP contribution in [-0.4, -0.2) is 29.1 Å². The fraction of sp³-hybridized carbons (Fsp3) is 0.250. The van der Waals surface area contributed by atoms with E-state index in [1.165, 1.54) is 21.9 Å². The third-order valence-corrected chi connectivity index (χ3v) is 6.87. The third-order valence-electron chi connectivity index (χ3n) is 6.87. The number of imidazole rings is 1. The van der Waals surface area contributed by atoms with Gasteiger partial charge in [-0.2, -0.15) is 0 Å². The van der Waals surface area contributed by atoms with Gasteiger partial charge in [0, 0.05) is 19.5 Å². The maximum atomic E-state index is 12.3. The quantitative estimate of drug-likeness (QED) is 0.220. The van der Waals surface area contributed by atoms with E-state index in [1.54, 1.807) is 7.11 Å². The zero-order valence-corrected chi connectivity index (χ0v) is 21.3. The summed E-state index contributed by atoms with van der Waals surface area (Å²) in [6.45, 7) is 1.50. The van der Waals surface area contributed by atoms with Crippen molar-refractivity contribution in [1.29, 1.82) is 0 Å². The number of aryl methyl sites for hydroxylation is 1. The van der Waals surface area contributed by atoms with Crippen molar-refractivity contribution in [3.05, 3.63) is 108 Å². The number of amides is 1. The van der Waals surface area contributed by atoms with Gasteiger partial charge in [-0.25, -0.2) is 4.98 Å². The molecule has 0 saturated heterocycles. The number of hydrogen-bond donors (Lipinski definition) is 1. The minimum atomic E-state index is 0.0575. The minimum absolute atomic E-state index is 0.0575. The van der Waals surface area contributed by atoms with Gasteiger partial charge in [-0.05, 0) is 59.0 Å². The molecule has 0 fully saturated rings. The highest BCUT2D eigenvalue weighted by molar-refractivity contribution is 5.86. The minimum Gasteiger partial charge on any atom is -0.497 e. The number of nitrogens with one attached hydrogen (secondary N) is 1. The van der Waals surface area contributed by atoms with Crippen molar-refractivity contribution in [2.24, 2.45) is 0 Å². The Morgan fingerprint density at radius 2 is 1.65 bits per heavy atom. The smallest absolute Gasteiger partial charge is 0.224 e. The normalized spacial score (nSPS) is 11.2. The average Bonchev–Trinajstić information content (AvgIpc) is 3.28. The van der Waals surface area contributed by atoms with Gasteiger partial charge in [0.25, 0.3) is 0 Å². The molecule has 0 atom stereocenters. The summed E-state index contributed by atoms with van der Waals surface area (Å²) in [4.78, 5) is 17.3. The van der Waals surface area contributed by atoms with E-state index >= 15 is 0 Å². The summed E-state index contributed by atoms with van der Waals surface area (Å²) >= 11 is 0. The van der Waals surface area contributed by atoms with Crippen LogP contribution in [0.1, 0.15) is 36.2 Å². The van der Waals surface area contributed by atoms with Gasteiger partial charge in [-0.1, -0.05) is 73.2 Å². The van der Waals surface area contributed by atoms with E-state index in [0.29, 0.717) is 13.0 Å². The van der Waals surface area contributed by atoms with E-state index in [1.807, 2.05) is 24.3 Å². The third kappa shape index (κ3) is 6.00. The Labute approximate surface area is 218 Å². The SMILES string of the molecule is COc1ccc(CC(=O)NCCCCCc2nc3ccccc3n2Cc2cccc3ccccc23)cc1. The van der Waals surface area contributed by atoms with Crippen LogP contribution in [0.15, 0.2) is 91.0 Å². The number of para-hydroxylation sites is 2. The van der Waals surface area contributed by atoms with Gasteiger partial charge >= 0.3 is 0 Å². The molecule has 5 heteroatoms. The predicted molar refractivity (Wildman–Crippen MR) is 150 cm³/mol. The van der Waals surface area contributed by atoms with Gasteiger partial charge < -0.3 is 14.6 Å². The summed E-state index contributed by atoms with van der Waals surface area (Å²) < 4.78 is 7.54. The second-order valence-corrected chi connectivity index (χ2v) is 9.43. The molecule has 37 heavy (non-hydrogen) atoms. The number of benzene rings is 4. The lowest BCUT2D eigenvalue weighted by atomic mass is 10.0. The molecule has 1 heterocycles. The van der Waals surface area contributed by atoms with Gasteiger partial charge in [0.1, 0.15) is 11.6 Å². The Hall–Kier alpha value is -4.12. The highest BCUT2D eigenvalue weighted by Crippen LogP contribution is 2.24. The van der Waals surface area contributed by atoms with Crippen molar-refractivity contribution >= 4 is 27.7 Å². The van der Waals surface area contributed by atoms with Crippen LogP contribution in [0.5, 0.6) is 5.75 Å². The molecule has 5 rings (SSSR count). The highest BCUT2D eigenvalue weighted by atomic mass is 16.5. The standard InChI is InChI=1S/C32H33N3O2/c1-37-27-19-17-24(18-20-27)22-32(36)33-21-8-2-3-16-31-34-29-14-6-7-15-30(29)35(31)23-26-12-9-11-25-10-4-5-13-28(25)26/h4-7,9-15,17-20H,2-3,8,16,21-23H2,1H3,(H,33,36). The van der Waals surface area contributed by atoms with E-state index in [9.17, 15) is 4.79 Å². The number of rotatable bonds is 11. The lowest BCUT2D eigenvalue weighted by molar-refractivity contribution is -0.120. The molecule has 0 saturated carbocycles. The summed E-state index contributed by atoms with van der Waals surface area (Å²) in [5.74, 6) is 1.98. The number of carbonyl (C=O) groups is 1. The predicted octanol–water partition coefficient (Wildman–Crippen LogP) is 6.32. The van der Waals surface area contributed by atoms with Crippen molar-refractivity contribution in [2.45, 2.75) is 38.6 Å². The van der Waals surface area contributed by atoms with E-state index in [0.717, 1.165) is 54.9 Å². The van der Waals surface area contributed by atoms with Crippen LogP contribution >= 0.6 is 0 Å². The summed E-state index contributed by atoms with van der Waals surface area (Å²) in [7, 11) is 1.64. The lowest BCUT2D eigenvalue weighted by Crippen LogP contribution is -2.26. The number of methoxy groups -OCH3 is 1. The maximum absolute atomic E-state index is 12.3. The van der Waals surface area contributed by atoms with Crippen LogP contribution in [0.3, 0.4) is 0 Å². The number of hydrogen-bond acceptors (Lipinski definition) is 3. The Bertz CT molecular complexity index is 1480. The average molecular weight is 492 g/mol. The molecule has 0 aliphatic heterocycles. The number of aromatic nitrogens is 2. The number of carbonyl (C=O) groups excluding carboxylic acids is 1. The van der Waals surface area contributed by atoms with Crippen molar-refractivity contribution in [2.75, 3.05) is 13.7 Å². The number of unbranched alkanes of at least 4 members (excludes halogenated alkanes) is 2. The molecular formula is C32H33N3O2. The molecule has 0 aliphatic carbocycles. The Kier molecular flexibility index (Phi) is 7.80. The summed E-state index contributed by atoms with van der Waals surface area (Å²) in [6, 6.07) is 31.1. The lowest BCUT2D eigenvalue weighted by Gasteiger charge is -2.12. The van der Waals surface area contributed by atoms with E-state index < -0.39 is 0 Å². The topological polar surface area (TPSA) is 56.1 Å². The van der Waals surface area contributed by atoms with Crippen molar-refractivity contribution < 1.29 is 9.53 Å². The van der Waals surface area contributed by atoms with E-state index in [4.69, 9.17) is 9.72 Å². The zero-order valence-electron chi connectivity index (χ0n) is 21.3. The highest BCUT2D eigenvalue weighted by Gasteiger charge is 2.12. The van der Waals surface area contributed by atoms with Gasteiger partial charge in [0.2, 0.25) is 5.91 Å².